The number of nitrogens with zero attached hydrogens (tertiary/aromatic N) is 2. The lowest BCUT2D eigenvalue weighted by Gasteiger charge is -2.05. The van der Waals surface area contributed by atoms with Crippen LogP contribution in [0.1, 0.15) is 10.6 Å². The van der Waals surface area contributed by atoms with E-state index in [0.29, 0.717) is 6.54 Å². The first-order valence-electron chi connectivity index (χ1n) is 5.26. The predicted molar refractivity (Wildman–Crippen MR) is 71.5 cm³/mol. The second kappa shape index (κ2) is 5.03. The number of anilines is 1. The van der Waals surface area contributed by atoms with Crippen LogP contribution < -0.4 is 5.32 Å². The maximum Gasteiger partial charge on any atom is 0.192 e. The highest BCUT2D eigenvalue weighted by Crippen LogP contribution is 2.15. The van der Waals surface area contributed by atoms with Crippen molar-refractivity contribution in [3.05, 3.63) is 34.4 Å². The van der Waals surface area contributed by atoms with Crippen molar-refractivity contribution in [2.24, 2.45) is 0 Å². The van der Waals surface area contributed by atoms with Gasteiger partial charge < -0.3 is 5.32 Å². The topological polar surface area (TPSA) is 72.0 Å². The monoisotopic (exact) mass is 283 g/mol. The van der Waals surface area contributed by atoms with Crippen molar-refractivity contribution < 1.29 is 8.42 Å². The Kier molecular flexibility index (Phi) is 3.63. The van der Waals surface area contributed by atoms with Gasteiger partial charge in [0.25, 0.3) is 0 Å². The number of aryl methyl sites for hydroxylation is 1. The zero-order valence-corrected chi connectivity index (χ0v) is 11.7. The maximum absolute atomic E-state index is 11.2. The fourth-order valence-electron chi connectivity index (χ4n) is 1.38. The Bertz CT molecular complexity index is 633. The van der Waals surface area contributed by atoms with Crippen molar-refractivity contribution in [1.29, 1.82) is 0 Å². The zero-order chi connectivity index (χ0) is 13.2. The molecule has 0 amide bonds. The van der Waals surface area contributed by atoms with Gasteiger partial charge in [-0.3, -0.25) is 0 Å². The Morgan fingerprint density at radius 1 is 1.33 bits per heavy atom. The van der Waals surface area contributed by atoms with Crippen molar-refractivity contribution in [1.82, 2.24) is 9.97 Å². The number of hydrogen-bond acceptors (Lipinski definition) is 6. The van der Waals surface area contributed by atoms with Crippen molar-refractivity contribution in [3.63, 3.8) is 0 Å². The summed E-state index contributed by atoms with van der Waals surface area (Å²) in [7, 11) is -3.23. The lowest BCUT2D eigenvalue weighted by atomic mass is 10.3. The van der Waals surface area contributed by atoms with Crippen LogP contribution in [0.4, 0.5) is 5.69 Å². The van der Waals surface area contributed by atoms with E-state index in [-0.39, 0.29) is 5.03 Å². The molecule has 0 bridgehead atoms. The Morgan fingerprint density at radius 2 is 2.11 bits per heavy atom. The third-order valence-electron chi connectivity index (χ3n) is 2.41. The van der Waals surface area contributed by atoms with E-state index in [1.165, 1.54) is 12.3 Å². The van der Waals surface area contributed by atoms with Gasteiger partial charge in [0.1, 0.15) is 0 Å². The minimum absolute atomic E-state index is 0.0852. The molecule has 0 aliphatic heterocycles. The van der Waals surface area contributed by atoms with Crippen LogP contribution in [-0.2, 0) is 16.4 Å². The van der Waals surface area contributed by atoms with E-state index in [2.05, 4.69) is 15.3 Å². The molecule has 5 nitrogen and oxygen atoms in total. The van der Waals surface area contributed by atoms with Gasteiger partial charge in [0, 0.05) is 11.1 Å². The first kappa shape index (κ1) is 13.0. The number of nitrogens with one attached hydrogen (secondary N) is 1. The maximum atomic E-state index is 11.2. The van der Waals surface area contributed by atoms with Gasteiger partial charge in [0.15, 0.2) is 14.9 Å². The minimum atomic E-state index is -3.23. The van der Waals surface area contributed by atoms with Crippen LogP contribution in [0, 0.1) is 6.92 Å². The Hall–Kier alpha value is -1.47. The number of rotatable bonds is 4. The average Bonchev–Trinajstić information content (AvgIpc) is 2.72. The standard InChI is InChI=1S/C11H13N3O2S2/c1-8-10(17-7-14-8)6-12-9-3-4-11(13-5-9)18(2,15)16/h3-5,7,12H,6H2,1-2H3. The smallest absolute Gasteiger partial charge is 0.192 e. The molecule has 0 saturated carbocycles. The molecule has 0 unspecified atom stereocenters. The summed E-state index contributed by atoms with van der Waals surface area (Å²) in [5.41, 5.74) is 3.60. The SMILES string of the molecule is Cc1ncsc1CNc1ccc(S(C)(=O)=O)nc1. The molecule has 2 aromatic rings. The molecule has 18 heavy (non-hydrogen) atoms. The summed E-state index contributed by atoms with van der Waals surface area (Å²) in [6.07, 6.45) is 2.66. The van der Waals surface area contributed by atoms with E-state index in [9.17, 15) is 8.42 Å². The summed E-state index contributed by atoms with van der Waals surface area (Å²) in [6.45, 7) is 2.62. The number of thiazole rings is 1. The largest absolute Gasteiger partial charge is 0.379 e. The van der Waals surface area contributed by atoms with Gasteiger partial charge in [-0.2, -0.15) is 0 Å². The first-order chi connectivity index (χ1) is 8.47. The molecule has 96 valence electrons. The fraction of sp³-hybridized carbons (Fsp3) is 0.273. The molecule has 0 aliphatic rings. The molecule has 1 N–H and O–H groups in total. The molecule has 0 aliphatic carbocycles. The van der Waals surface area contributed by atoms with Crippen LogP contribution in [0.5, 0.6) is 0 Å². The normalized spacial score (nSPS) is 11.4. The van der Waals surface area contributed by atoms with E-state index in [1.807, 2.05) is 6.92 Å². The lowest BCUT2D eigenvalue weighted by Crippen LogP contribution is -2.03. The molecule has 2 rings (SSSR count). The van der Waals surface area contributed by atoms with Crippen molar-refractivity contribution in [3.8, 4) is 0 Å². The van der Waals surface area contributed by atoms with Gasteiger partial charge >= 0.3 is 0 Å². The first-order valence-corrected chi connectivity index (χ1v) is 8.03. The van der Waals surface area contributed by atoms with E-state index < -0.39 is 9.84 Å². The van der Waals surface area contributed by atoms with Crippen molar-refractivity contribution in [2.75, 3.05) is 11.6 Å². The minimum Gasteiger partial charge on any atom is -0.379 e. The summed E-state index contributed by atoms with van der Waals surface area (Å²) >= 11 is 1.59. The van der Waals surface area contributed by atoms with Crippen molar-refractivity contribution in [2.45, 2.75) is 18.5 Å². The molecule has 2 aromatic heterocycles. The Balaban J connectivity index is 2.05. The Labute approximate surface area is 110 Å². The third-order valence-corrected chi connectivity index (χ3v) is 4.35. The van der Waals surface area contributed by atoms with Gasteiger partial charge in [-0.1, -0.05) is 0 Å². The van der Waals surface area contributed by atoms with Gasteiger partial charge in [-0.15, -0.1) is 11.3 Å². The summed E-state index contributed by atoms with van der Waals surface area (Å²) in [5, 5.41) is 3.26. The van der Waals surface area contributed by atoms with E-state index >= 15 is 0 Å². The van der Waals surface area contributed by atoms with Crippen LogP contribution in [0.3, 0.4) is 0 Å². The van der Waals surface area contributed by atoms with E-state index in [0.717, 1.165) is 22.5 Å². The van der Waals surface area contributed by atoms with Gasteiger partial charge in [0.05, 0.1) is 29.6 Å². The van der Waals surface area contributed by atoms with Crippen LogP contribution >= 0.6 is 11.3 Å². The number of sulfone groups is 1. The molecule has 0 saturated heterocycles. The number of aromatic nitrogens is 2. The summed E-state index contributed by atoms with van der Waals surface area (Å²) in [4.78, 5) is 9.22. The van der Waals surface area contributed by atoms with E-state index in [4.69, 9.17) is 0 Å². The molecule has 0 fully saturated rings. The second-order valence-electron chi connectivity index (χ2n) is 3.87. The average molecular weight is 283 g/mol. The number of hydrogen-bond donors (Lipinski definition) is 1. The van der Waals surface area contributed by atoms with Crippen LogP contribution in [0.15, 0.2) is 28.9 Å². The predicted octanol–water partition coefficient (Wildman–Crippen LogP) is 1.86. The quantitative estimate of drug-likeness (QED) is 0.927. The van der Waals surface area contributed by atoms with Crippen LogP contribution in [0.25, 0.3) is 0 Å². The second-order valence-corrected chi connectivity index (χ2v) is 6.77. The van der Waals surface area contributed by atoms with Gasteiger partial charge in [-0.05, 0) is 19.1 Å². The molecular weight excluding hydrogens is 270 g/mol. The van der Waals surface area contributed by atoms with E-state index in [1.54, 1.807) is 22.9 Å². The lowest BCUT2D eigenvalue weighted by molar-refractivity contribution is 0.598. The van der Waals surface area contributed by atoms with Gasteiger partial charge in [0.2, 0.25) is 0 Å². The molecule has 2 heterocycles. The highest BCUT2D eigenvalue weighted by atomic mass is 32.2. The Morgan fingerprint density at radius 3 is 2.61 bits per heavy atom. The molecule has 0 aromatic carbocycles. The summed E-state index contributed by atoms with van der Waals surface area (Å²) in [5.74, 6) is 0. The third kappa shape index (κ3) is 3.05. The zero-order valence-electron chi connectivity index (χ0n) is 10.0. The summed E-state index contributed by atoms with van der Waals surface area (Å²) < 4.78 is 22.5. The highest BCUT2D eigenvalue weighted by molar-refractivity contribution is 7.90. The molecule has 0 radical (unpaired) electrons. The number of pyridine rings is 1. The molecule has 7 heteroatoms. The van der Waals surface area contributed by atoms with Crippen LogP contribution in [0.2, 0.25) is 0 Å². The molecule has 0 atom stereocenters. The molecule has 0 spiro atoms. The highest BCUT2D eigenvalue weighted by Gasteiger charge is 2.08. The fourth-order valence-corrected chi connectivity index (χ4v) is 2.66. The molecular formula is C11H13N3O2S2. The van der Waals surface area contributed by atoms with Crippen molar-refractivity contribution >= 4 is 26.9 Å². The van der Waals surface area contributed by atoms with Crippen LogP contribution in [-0.4, -0.2) is 24.6 Å². The van der Waals surface area contributed by atoms with Gasteiger partial charge in [-0.25, -0.2) is 18.4 Å². The summed E-state index contributed by atoms with van der Waals surface area (Å²) in [6, 6.07) is 3.21.